The van der Waals surface area contributed by atoms with Gasteiger partial charge >= 0.3 is 12.1 Å². The van der Waals surface area contributed by atoms with E-state index in [2.05, 4.69) is 10.3 Å². The second-order valence-corrected chi connectivity index (χ2v) is 9.20. The number of esters is 1. The van der Waals surface area contributed by atoms with E-state index in [1.54, 1.807) is 24.4 Å². The number of hydrogen-bond acceptors (Lipinski definition) is 4. The van der Waals surface area contributed by atoms with Crippen LogP contribution >= 0.6 is 0 Å². The van der Waals surface area contributed by atoms with Gasteiger partial charge in [-0.15, -0.1) is 0 Å². The molecule has 0 bridgehead atoms. The zero-order valence-corrected chi connectivity index (χ0v) is 21.1. The highest BCUT2D eigenvalue weighted by molar-refractivity contribution is 5.98. The number of fused-ring (bicyclic) bond motifs is 1. The summed E-state index contributed by atoms with van der Waals surface area (Å²) < 4.78 is 46.7. The zero-order valence-electron chi connectivity index (χ0n) is 21.1. The van der Waals surface area contributed by atoms with Crippen LogP contribution < -0.4 is 10.1 Å². The van der Waals surface area contributed by atoms with E-state index >= 15 is 0 Å². The van der Waals surface area contributed by atoms with Crippen LogP contribution in [0.25, 0.3) is 22.0 Å². The number of ether oxygens (including phenoxy) is 1. The molecule has 4 aromatic carbocycles. The van der Waals surface area contributed by atoms with Crippen LogP contribution in [0.1, 0.15) is 29.2 Å². The van der Waals surface area contributed by atoms with Crippen LogP contribution in [0.4, 0.5) is 18.9 Å². The fourth-order valence-electron chi connectivity index (χ4n) is 4.66. The molecule has 4 nitrogen and oxygen atoms in total. The topological polar surface area (TPSA) is 51.2 Å². The van der Waals surface area contributed by atoms with E-state index in [0.29, 0.717) is 24.1 Å². The van der Waals surface area contributed by atoms with Crippen molar-refractivity contribution in [2.45, 2.75) is 26.1 Å². The van der Waals surface area contributed by atoms with Crippen molar-refractivity contribution in [2.24, 2.45) is 0 Å². The Balaban J connectivity index is 1.54. The summed E-state index contributed by atoms with van der Waals surface area (Å²) in [6.07, 6.45) is -2.44. The van der Waals surface area contributed by atoms with Gasteiger partial charge in [0.05, 0.1) is 11.1 Å². The van der Waals surface area contributed by atoms with Crippen molar-refractivity contribution >= 4 is 22.6 Å². The molecule has 1 heterocycles. The van der Waals surface area contributed by atoms with E-state index in [1.807, 2.05) is 66.7 Å². The van der Waals surface area contributed by atoms with Crippen LogP contribution in [0.5, 0.6) is 5.75 Å². The Kier molecular flexibility index (Phi) is 7.32. The third-order valence-corrected chi connectivity index (χ3v) is 6.33. The second-order valence-electron chi connectivity index (χ2n) is 9.20. The highest BCUT2D eigenvalue weighted by atomic mass is 19.4. The van der Waals surface area contributed by atoms with E-state index in [0.717, 1.165) is 39.6 Å². The molecule has 0 unspecified atom stereocenters. The molecule has 0 amide bonds. The summed E-state index contributed by atoms with van der Waals surface area (Å²) in [5.74, 6) is 0.0715. The molecule has 0 radical (unpaired) electrons. The smallest absolute Gasteiger partial charge is 0.418 e. The quantitative estimate of drug-likeness (QED) is 0.172. The summed E-state index contributed by atoms with van der Waals surface area (Å²) in [7, 11) is 0. The molecule has 0 atom stereocenters. The number of anilines is 1. The number of hydrogen-bond donors (Lipinski definition) is 1. The lowest BCUT2D eigenvalue weighted by atomic mass is 9.91. The molecular formula is C32H25F3N2O2. The van der Waals surface area contributed by atoms with E-state index in [1.165, 1.54) is 13.0 Å². The summed E-state index contributed by atoms with van der Waals surface area (Å²) >= 11 is 0. The summed E-state index contributed by atoms with van der Waals surface area (Å²) in [4.78, 5) is 15.6. The summed E-state index contributed by atoms with van der Waals surface area (Å²) in [6.45, 7) is 1.81. The number of nitrogens with one attached hydrogen (secondary N) is 1. The third kappa shape index (κ3) is 6.09. The number of nitrogens with zero attached hydrogens (tertiary/aromatic N) is 1. The summed E-state index contributed by atoms with van der Waals surface area (Å²) in [5.41, 5.74) is 4.25. The second kappa shape index (κ2) is 11.0. The van der Waals surface area contributed by atoms with Gasteiger partial charge in [-0.1, -0.05) is 66.7 Å². The zero-order chi connectivity index (χ0) is 27.4. The van der Waals surface area contributed by atoms with Crippen molar-refractivity contribution in [3.05, 3.63) is 126 Å². The molecule has 1 N–H and O–H groups in total. The van der Waals surface area contributed by atoms with Crippen molar-refractivity contribution in [2.75, 3.05) is 5.32 Å². The van der Waals surface area contributed by atoms with Crippen LogP contribution in [-0.4, -0.2) is 11.0 Å². The number of aromatic nitrogens is 1. The highest BCUT2D eigenvalue weighted by Crippen LogP contribution is 2.39. The van der Waals surface area contributed by atoms with Crippen molar-refractivity contribution in [3.63, 3.8) is 0 Å². The SMILES string of the molecule is CC(=O)Oc1cccc(CNc2cccc(-c3c(Cc4ccccc4)cnc4c(C(F)(F)F)cccc34)c2)c1. The Morgan fingerprint density at radius 1 is 0.872 bits per heavy atom. The Hall–Kier alpha value is -4.65. The Labute approximate surface area is 224 Å². The van der Waals surface area contributed by atoms with Gasteiger partial charge < -0.3 is 10.1 Å². The van der Waals surface area contributed by atoms with E-state index in [4.69, 9.17) is 4.74 Å². The van der Waals surface area contributed by atoms with Gasteiger partial charge in [-0.25, -0.2) is 0 Å². The van der Waals surface area contributed by atoms with Crippen molar-refractivity contribution in [1.29, 1.82) is 0 Å². The van der Waals surface area contributed by atoms with Crippen LogP contribution in [0.2, 0.25) is 0 Å². The van der Waals surface area contributed by atoms with E-state index < -0.39 is 17.7 Å². The van der Waals surface area contributed by atoms with Crippen molar-refractivity contribution < 1.29 is 22.7 Å². The molecule has 39 heavy (non-hydrogen) atoms. The van der Waals surface area contributed by atoms with Gasteiger partial charge in [0.25, 0.3) is 0 Å². The van der Waals surface area contributed by atoms with Crippen molar-refractivity contribution in [1.82, 2.24) is 4.98 Å². The molecule has 196 valence electrons. The molecule has 0 saturated carbocycles. The number of para-hydroxylation sites is 1. The Morgan fingerprint density at radius 2 is 1.62 bits per heavy atom. The van der Waals surface area contributed by atoms with Gasteiger partial charge in [0, 0.05) is 30.7 Å². The number of halogens is 3. The van der Waals surface area contributed by atoms with E-state index in [9.17, 15) is 18.0 Å². The molecule has 5 rings (SSSR count). The average molecular weight is 527 g/mol. The maximum absolute atomic E-state index is 13.8. The lowest BCUT2D eigenvalue weighted by molar-refractivity contribution is -0.136. The molecular weight excluding hydrogens is 501 g/mol. The fraction of sp³-hybridized carbons (Fsp3) is 0.125. The first-order chi connectivity index (χ1) is 18.8. The van der Waals surface area contributed by atoms with Crippen LogP contribution in [0, 0.1) is 0 Å². The number of rotatable bonds is 7. The summed E-state index contributed by atoms with van der Waals surface area (Å²) in [6, 6.07) is 28.8. The highest BCUT2D eigenvalue weighted by Gasteiger charge is 2.33. The van der Waals surface area contributed by atoms with Crippen LogP contribution in [0.3, 0.4) is 0 Å². The standard InChI is InChI=1S/C32H25F3N2O2/c1-21(38)39-27-13-5-10-23(17-27)19-36-26-12-6-11-24(18-26)30-25(16-22-8-3-2-4-9-22)20-37-31-28(30)14-7-15-29(31)32(33,34)35/h2-15,17-18,20,36H,16,19H2,1H3. The number of alkyl halides is 3. The minimum Gasteiger partial charge on any atom is -0.427 e. The monoisotopic (exact) mass is 526 g/mol. The first-order valence-electron chi connectivity index (χ1n) is 12.4. The predicted octanol–water partition coefficient (Wildman–Crippen LogP) is 8.05. The molecule has 0 fully saturated rings. The Morgan fingerprint density at radius 3 is 2.38 bits per heavy atom. The molecule has 1 aromatic heterocycles. The predicted molar refractivity (Wildman–Crippen MR) is 147 cm³/mol. The van der Waals surface area contributed by atoms with Gasteiger partial charge in [0.1, 0.15) is 5.75 Å². The third-order valence-electron chi connectivity index (χ3n) is 6.33. The number of carbonyl (C=O) groups excluding carboxylic acids is 1. The fourth-order valence-corrected chi connectivity index (χ4v) is 4.66. The molecule has 0 saturated heterocycles. The van der Waals surface area contributed by atoms with Gasteiger partial charge in [0.2, 0.25) is 0 Å². The molecule has 0 spiro atoms. The van der Waals surface area contributed by atoms with Gasteiger partial charge in [-0.3, -0.25) is 9.78 Å². The number of benzene rings is 4. The molecule has 0 aliphatic heterocycles. The minimum atomic E-state index is -4.52. The van der Waals surface area contributed by atoms with Gasteiger partial charge in [-0.2, -0.15) is 13.2 Å². The normalized spacial score (nSPS) is 11.4. The van der Waals surface area contributed by atoms with E-state index in [-0.39, 0.29) is 5.52 Å². The molecule has 5 aromatic rings. The van der Waals surface area contributed by atoms with Crippen LogP contribution in [0.15, 0.2) is 103 Å². The minimum absolute atomic E-state index is 0.0718. The maximum Gasteiger partial charge on any atom is 0.418 e. The van der Waals surface area contributed by atoms with Crippen LogP contribution in [-0.2, 0) is 23.9 Å². The number of carbonyl (C=O) groups is 1. The van der Waals surface area contributed by atoms with Gasteiger partial charge in [-0.05, 0) is 64.6 Å². The maximum atomic E-state index is 13.8. The molecule has 7 heteroatoms. The lowest BCUT2D eigenvalue weighted by Crippen LogP contribution is -2.07. The molecule has 0 aliphatic carbocycles. The largest absolute Gasteiger partial charge is 0.427 e. The first kappa shape index (κ1) is 26.0. The average Bonchev–Trinajstić information content (AvgIpc) is 2.91. The number of pyridine rings is 1. The summed E-state index contributed by atoms with van der Waals surface area (Å²) in [5, 5.41) is 3.82. The molecule has 0 aliphatic rings. The van der Waals surface area contributed by atoms with Crippen molar-refractivity contribution in [3.8, 4) is 16.9 Å². The Bertz CT molecular complexity index is 1630. The lowest BCUT2D eigenvalue weighted by Gasteiger charge is -2.17. The first-order valence-corrected chi connectivity index (χ1v) is 12.4. The van der Waals surface area contributed by atoms with Gasteiger partial charge in [0.15, 0.2) is 0 Å².